The maximum Gasteiger partial charge on any atom is 0.420 e. The highest BCUT2D eigenvalue weighted by atomic mass is 16.6. The number of aromatic nitrogens is 2. The Morgan fingerprint density at radius 1 is 1.36 bits per heavy atom. The van der Waals surface area contributed by atoms with Gasteiger partial charge in [-0.1, -0.05) is 11.2 Å². The van der Waals surface area contributed by atoms with Crippen LogP contribution in [0.1, 0.15) is 5.89 Å². The van der Waals surface area contributed by atoms with Crippen molar-refractivity contribution in [2.24, 2.45) is 0 Å². The van der Waals surface area contributed by atoms with E-state index in [1.54, 1.807) is 31.2 Å². The van der Waals surface area contributed by atoms with Gasteiger partial charge in [-0.05, 0) is 12.1 Å². The van der Waals surface area contributed by atoms with Crippen molar-refractivity contribution in [3.05, 3.63) is 30.2 Å². The highest BCUT2D eigenvalue weighted by Gasteiger charge is 2.04. The van der Waals surface area contributed by atoms with Gasteiger partial charge in [0.25, 0.3) is 0 Å². The summed E-state index contributed by atoms with van der Waals surface area (Å²) in [6.07, 6.45) is 0.119. The lowest BCUT2D eigenvalue weighted by Crippen LogP contribution is -1.87. The largest absolute Gasteiger partial charge is 0.420 e. The first kappa shape index (κ1) is 8.55. The number of ether oxygens (including phenoxy) is 1. The van der Waals surface area contributed by atoms with E-state index >= 15 is 0 Å². The lowest BCUT2D eigenvalue weighted by Gasteiger charge is -1.99. The molecule has 5 nitrogen and oxygen atoms in total. The second-order valence-corrected chi connectivity index (χ2v) is 2.76. The minimum atomic E-state index is 0.119. The van der Waals surface area contributed by atoms with Gasteiger partial charge in [-0.3, -0.25) is 0 Å². The van der Waals surface area contributed by atoms with Crippen LogP contribution < -0.4 is 10.5 Å². The van der Waals surface area contributed by atoms with Crippen LogP contribution in [0.4, 0.5) is 5.69 Å². The first-order valence-corrected chi connectivity index (χ1v) is 4.07. The number of nitrogen functional groups attached to an aromatic ring is 1. The summed E-state index contributed by atoms with van der Waals surface area (Å²) in [5, 5.41) is 7.32. The average molecular weight is 191 g/mol. The minimum absolute atomic E-state index is 0.119. The van der Waals surface area contributed by atoms with Gasteiger partial charge in [-0.25, -0.2) is 0 Å². The number of hydrogen-bond acceptors (Lipinski definition) is 5. The Morgan fingerprint density at radius 3 is 2.86 bits per heavy atom. The Hall–Kier alpha value is -2.04. The van der Waals surface area contributed by atoms with Gasteiger partial charge in [0.1, 0.15) is 5.75 Å². The Kier molecular flexibility index (Phi) is 2.06. The van der Waals surface area contributed by atoms with E-state index in [0.717, 1.165) is 0 Å². The molecule has 0 aliphatic heterocycles. The van der Waals surface area contributed by atoms with E-state index in [1.165, 1.54) is 0 Å². The Morgan fingerprint density at radius 2 is 2.21 bits per heavy atom. The maximum atomic E-state index is 5.57. The predicted octanol–water partition coefficient (Wildman–Crippen LogP) is 1.75. The number of nitrogens with zero attached hydrogens (tertiary/aromatic N) is 2. The van der Waals surface area contributed by atoms with Crippen molar-refractivity contribution in [3.63, 3.8) is 0 Å². The molecule has 0 aliphatic rings. The molecule has 0 saturated carbocycles. The van der Waals surface area contributed by atoms with Crippen molar-refractivity contribution in [1.82, 2.24) is 10.2 Å². The fourth-order valence-electron chi connectivity index (χ4n) is 0.999. The van der Waals surface area contributed by atoms with Crippen LogP contribution in [-0.2, 0) is 0 Å². The molecule has 1 aromatic heterocycles. The molecule has 0 amide bonds. The van der Waals surface area contributed by atoms with E-state index in [4.69, 9.17) is 14.9 Å². The Bertz CT molecular complexity index is 439. The summed E-state index contributed by atoms with van der Waals surface area (Å²) >= 11 is 0. The maximum absolute atomic E-state index is 5.57. The smallest absolute Gasteiger partial charge is 0.410 e. The van der Waals surface area contributed by atoms with E-state index in [2.05, 4.69) is 10.2 Å². The highest BCUT2D eigenvalue weighted by molar-refractivity contribution is 5.44. The number of nitrogens with two attached hydrogens (primary N) is 1. The molecule has 0 atom stereocenters. The third kappa shape index (κ3) is 1.82. The summed E-state index contributed by atoms with van der Waals surface area (Å²) in [4.78, 5) is 0. The fourth-order valence-corrected chi connectivity index (χ4v) is 0.999. The number of anilines is 1. The number of benzene rings is 1. The zero-order chi connectivity index (χ0) is 9.97. The first-order chi connectivity index (χ1) is 6.74. The van der Waals surface area contributed by atoms with Crippen molar-refractivity contribution in [2.75, 3.05) is 5.73 Å². The van der Waals surface area contributed by atoms with Crippen LogP contribution in [0, 0.1) is 6.92 Å². The zero-order valence-electron chi connectivity index (χ0n) is 7.60. The molecule has 0 aliphatic carbocycles. The molecule has 72 valence electrons. The quantitative estimate of drug-likeness (QED) is 0.732. The molecule has 1 heterocycles. The van der Waals surface area contributed by atoms with Gasteiger partial charge in [0, 0.05) is 18.7 Å². The molecule has 0 spiro atoms. The van der Waals surface area contributed by atoms with Crippen LogP contribution >= 0.6 is 0 Å². The van der Waals surface area contributed by atoms with Crippen LogP contribution in [0.3, 0.4) is 0 Å². The molecule has 0 unspecified atom stereocenters. The van der Waals surface area contributed by atoms with Crippen LogP contribution in [0.15, 0.2) is 28.7 Å². The standard InChI is InChI=1S/C9H9N3O2/c1-6-11-12-9(13-6)14-8-4-2-3-7(10)5-8/h2-5H,10H2,1H3. The van der Waals surface area contributed by atoms with E-state index in [9.17, 15) is 0 Å². The first-order valence-electron chi connectivity index (χ1n) is 4.07. The molecule has 5 heteroatoms. The van der Waals surface area contributed by atoms with Crippen molar-refractivity contribution < 1.29 is 9.15 Å². The normalized spacial score (nSPS) is 10.1. The second-order valence-electron chi connectivity index (χ2n) is 2.76. The van der Waals surface area contributed by atoms with Gasteiger partial charge < -0.3 is 14.9 Å². The molecular weight excluding hydrogens is 182 g/mol. The third-order valence-corrected chi connectivity index (χ3v) is 1.57. The Labute approximate surface area is 80.5 Å². The molecule has 2 N–H and O–H groups in total. The number of hydrogen-bond donors (Lipinski definition) is 1. The minimum Gasteiger partial charge on any atom is -0.410 e. The number of aryl methyl sites for hydroxylation is 1. The molecule has 0 bridgehead atoms. The van der Waals surface area contributed by atoms with Crippen LogP contribution in [0.25, 0.3) is 0 Å². The summed E-state index contributed by atoms with van der Waals surface area (Å²) in [6, 6.07) is 7.00. The summed E-state index contributed by atoms with van der Waals surface area (Å²) < 4.78 is 10.3. The van der Waals surface area contributed by atoms with Gasteiger partial charge >= 0.3 is 6.08 Å². The van der Waals surface area contributed by atoms with Gasteiger partial charge in [0.15, 0.2) is 0 Å². The van der Waals surface area contributed by atoms with E-state index in [-0.39, 0.29) is 6.08 Å². The summed E-state index contributed by atoms with van der Waals surface area (Å²) in [7, 11) is 0. The molecule has 2 rings (SSSR count). The molecular formula is C9H9N3O2. The monoisotopic (exact) mass is 191 g/mol. The average Bonchev–Trinajstić information content (AvgIpc) is 2.51. The predicted molar refractivity (Wildman–Crippen MR) is 50.0 cm³/mol. The molecule has 0 saturated heterocycles. The van der Waals surface area contributed by atoms with Gasteiger partial charge in [0.05, 0.1) is 0 Å². The molecule has 1 aromatic carbocycles. The molecule has 0 radical (unpaired) electrons. The SMILES string of the molecule is Cc1nnc(Oc2cccc(N)c2)o1. The van der Waals surface area contributed by atoms with E-state index in [1.807, 2.05) is 0 Å². The van der Waals surface area contributed by atoms with Crippen LogP contribution in [-0.4, -0.2) is 10.2 Å². The van der Waals surface area contributed by atoms with Crippen LogP contribution in [0.2, 0.25) is 0 Å². The molecule has 2 aromatic rings. The summed E-state index contributed by atoms with van der Waals surface area (Å²) in [6.45, 7) is 1.69. The van der Waals surface area contributed by atoms with Gasteiger partial charge in [0.2, 0.25) is 5.89 Å². The van der Waals surface area contributed by atoms with E-state index < -0.39 is 0 Å². The second kappa shape index (κ2) is 3.37. The van der Waals surface area contributed by atoms with Gasteiger partial charge in [-0.2, -0.15) is 0 Å². The fraction of sp³-hybridized carbons (Fsp3) is 0.111. The van der Waals surface area contributed by atoms with Crippen LogP contribution in [0.5, 0.6) is 11.8 Å². The van der Waals surface area contributed by atoms with Gasteiger partial charge in [-0.15, -0.1) is 5.10 Å². The highest BCUT2D eigenvalue weighted by Crippen LogP contribution is 2.21. The lowest BCUT2D eigenvalue weighted by atomic mass is 10.3. The van der Waals surface area contributed by atoms with Crippen molar-refractivity contribution in [2.45, 2.75) is 6.92 Å². The van der Waals surface area contributed by atoms with E-state index in [0.29, 0.717) is 17.3 Å². The summed E-state index contributed by atoms with van der Waals surface area (Å²) in [5.74, 6) is 1.04. The zero-order valence-corrected chi connectivity index (χ0v) is 7.60. The Balaban J connectivity index is 2.18. The topological polar surface area (TPSA) is 74.2 Å². The molecule has 14 heavy (non-hydrogen) atoms. The molecule has 0 fully saturated rings. The summed E-state index contributed by atoms with van der Waals surface area (Å²) in [5.41, 5.74) is 6.19. The third-order valence-electron chi connectivity index (χ3n) is 1.57. The lowest BCUT2D eigenvalue weighted by molar-refractivity contribution is 0.323. The van der Waals surface area contributed by atoms with Crippen molar-refractivity contribution >= 4 is 5.69 Å². The van der Waals surface area contributed by atoms with Crippen molar-refractivity contribution in [1.29, 1.82) is 0 Å². The number of rotatable bonds is 2. The van der Waals surface area contributed by atoms with Crippen molar-refractivity contribution in [3.8, 4) is 11.8 Å².